The first-order chi connectivity index (χ1) is 4.91. The van der Waals surface area contributed by atoms with Gasteiger partial charge in [0.2, 0.25) is 0 Å². The van der Waals surface area contributed by atoms with Crippen molar-refractivity contribution in [3.8, 4) is 0 Å². The van der Waals surface area contributed by atoms with Crippen LogP contribution in [0.15, 0.2) is 24.8 Å². The second kappa shape index (κ2) is 8.48. The average molecular weight is 138 g/mol. The molecule has 0 spiro atoms. The molecule has 10 heavy (non-hydrogen) atoms. The zero-order valence-corrected chi connectivity index (χ0v) is 6.97. The van der Waals surface area contributed by atoms with E-state index in [1.165, 1.54) is 32.1 Å². The Labute approximate surface area is 64.6 Å². The van der Waals surface area contributed by atoms with E-state index in [4.69, 9.17) is 0 Å². The van der Waals surface area contributed by atoms with Gasteiger partial charge in [0.05, 0.1) is 0 Å². The summed E-state index contributed by atoms with van der Waals surface area (Å²) in [6.07, 6.45) is 12.7. The highest BCUT2D eigenvalue weighted by Crippen LogP contribution is 2.02. The van der Waals surface area contributed by atoms with E-state index in [-0.39, 0.29) is 0 Å². The second-order valence-electron chi connectivity index (χ2n) is 2.51. The number of unbranched alkanes of at least 4 members (excludes halogenated alkanes) is 4. The first-order valence-electron chi connectivity index (χ1n) is 4.19. The molecule has 0 bridgehead atoms. The SMILES string of the molecule is C=C/C=C/CCCCCC. The molecule has 0 N–H and O–H groups in total. The lowest BCUT2D eigenvalue weighted by Gasteiger charge is -1.92. The minimum Gasteiger partial charge on any atom is -0.0991 e. The molecule has 0 unspecified atom stereocenters. The Balaban J connectivity index is 2.90. The Morgan fingerprint density at radius 2 is 2.00 bits per heavy atom. The van der Waals surface area contributed by atoms with Crippen molar-refractivity contribution in [2.24, 2.45) is 0 Å². The van der Waals surface area contributed by atoms with Gasteiger partial charge in [0, 0.05) is 0 Å². The van der Waals surface area contributed by atoms with Gasteiger partial charge < -0.3 is 0 Å². The highest BCUT2D eigenvalue weighted by atomic mass is 13.9. The van der Waals surface area contributed by atoms with E-state index < -0.39 is 0 Å². The van der Waals surface area contributed by atoms with Gasteiger partial charge in [-0.2, -0.15) is 0 Å². The maximum absolute atomic E-state index is 3.61. The summed E-state index contributed by atoms with van der Waals surface area (Å²) < 4.78 is 0. The first-order valence-corrected chi connectivity index (χ1v) is 4.19. The summed E-state index contributed by atoms with van der Waals surface area (Å²) in [6, 6.07) is 0. The van der Waals surface area contributed by atoms with Gasteiger partial charge in [-0.15, -0.1) is 0 Å². The van der Waals surface area contributed by atoms with E-state index in [0.717, 1.165) is 0 Å². The van der Waals surface area contributed by atoms with E-state index in [1.807, 2.05) is 12.2 Å². The van der Waals surface area contributed by atoms with E-state index in [1.54, 1.807) is 0 Å². The third-order valence-electron chi connectivity index (χ3n) is 1.50. The largest absolute Gasteiger partial charge is 0.0991 e. The third kappa shape index (κ3) is 7.48. The van der Waals surface area contributed by atoms with Gasteiger partial charge in [-0.25, -0.2) is 0 Å². The van der Waals surface area contributed by atoms with Crippen LogP contribution in [0.5, 0.6) is 0 Å². The lowest BCUT2D eigenvalue weighted by atomic mass is 10.1. The molecule has 0 aromatic heterocycles. The van der Waals surface area contributed by atoms with Gasteiger partial charge in [-0.05, 0) is 12.8 Å². The fourth-order valence-electron chi connectivity index (χ4n) is 0.881. The van der Waals surface area contributed by atoms with Crippen LogP contribution in [0.25, 0.3) is 0 Å². The molecular formula is C10H18. The van der Waals surface area contributed by atoms with Crippen LogP contribution in [0.2, 0.25) is 0 Å². The summed E-state index contributed by atoms with van der Waals surface area (Å²) >= 11 is 0. The lowest BCUT2D eigenvalue weighted by Crippen LogP contribution is -1.72. The molecule has 0 nitrogen and oxygen atoms in total. The molecule has 0 saturated heterocycles. The Kier molecular flexibility index (Phi) is 8.04. The van der Waals surface area contributed by atoms with Crippen molar-refractivity contribution >= 4 is 0 Å². The minimum absolute atomic E-state index is 1.21. The van der Waals surface area contributed by atoms with Crippen molar-refractivity contribution in [2.75, 3.05) is 0 Å². The molecule has 0 heterocycles. The fraction of sp³-hybridized carbons (Fsp3) is 0.600. The van der Waals surface area contributed by atoms with Gasteiger partial charge in [-0.1, -0.05) is 51.0 Å². The van der Waals surface area contributed by atoms with Crippen LogP contribution >= 0.6 is 0 Å². The molecule has 0 fully saturated rings. The van der Waals surface area contributed by atoms with E-state index in [2.05, 4.69) is 19.6 Å². The van der Waals surface area contributed by atoms with Crippen LogP contribution < -0.4 is 0 Å². The van der Waals surface area contributed by atoms with Gasteiger partial charge in [0.1, 0.15) is 0 Å². The van der Waals surface area contributed by atoms with Crippen molar-refractivity contribution in [1.82, 2.24) is 0 Å². The third-order valence-corrected chi connectivity index (χ3v) is 1.50. The van der Waals surface area contributed by atoms with Crippen molar-refractivity contribution in [3.63, 3.8) is 0 Å². The van der Waals surface area contributed by atoms with Crippen molar-refractivity contribution < 1.29 is 0 Å². The van der Waals surface area contributed by atoms with Crippen LogP contribution in [0.4, 0.5) is 0 Å². The predicted molar refractivity (Wildman–Crippen MR) is 48.1 cm³/mol. The minimum atomic E-state index is 1.21. The highest BCUT2D eigenvalue weighted by molar-refractivity contribution is 4.96. The van der Waals surface area contributed by atoms with E-state index >= 15 is 0 Å². The normalized spacial score (nSPS) is 10.5. The Morgan fingerprint density at radius 3 is 2.60 bits per heavy atom. The summed E-state index contributed by atoms with van der Waals surface area (Å²) in [4.78, 5) is 0. The van der Waals surface area contributed by atoms with E-state index in [0.29, 0.717) is 0 Å². The fourth-order valence-corrected chi connectivity index (χ4v) is 0.881. The lowest BCUT2D eigenvalue weighted by molar-refractivity contribution is 0.674. The van der Waals surface area contributed by atoms with Crippen LogP contribution in [0.3, 0.4) is 0 Å². The monoisotopic (exact) mass is 138 g/mol. The highest BCUT2D eigenvalue weighted by Gasteiger charge is 1.82. The molecule has 0 radical (unpaired) electrons. The molecule has 0 amide bonds. The maximum atomic E-state index is 3.61. The maximum Gasteiger partial charge on any atom is -0.0348 e. The summed E-state index contributed by atoms with van der Waals surface area (Å²) in [6.45, 7) is 5.84. The Bertz CT molecular complexity index is 90.2. The first kappa shape index (κ1) is 9.48. The van der Waals surface area contributed by atoms with Crippen LogP contribution in [0.1, 0.15) is 39.0 Å². The summed E-state index contributed by atoms with van der Waals surface area (Å²) in [7, 11) is 0. The van der Waals surface area contributed by atoms with Gasteiger partial charge in [-0.3, -0.25) is 0 Å². The molecule has 58 valence electrons. The molecule has 0 aliphatic heterocycles. The summed E-state index contributed by atoms with van der Waals surface area (Å²) in [5.74, 6) is 0. The molecule has 0 heteroatoms. The number of allylic oxidation sites excluding steroid dienone is 3. The van der Waals surface area contributed by atoms with Gasteiger partial charge in [0.15, 0.2) is 0 Å². The molecule has 0 aromatic carbocycles. The van der Waals surface area contributed by atoms with Crippen molar-refractivity contribution in [1.29, 1.82) is 0 Å². The topological polar surface area (TPSA) is 0 Å². The summed E-state index contributed by atoms with van der Waals surface area (Å²) in [5.41, 5.74) is 0. The smallest absolute Gasteiger partial charge is 0.0348 e. The van der Waals surface area contributed by atoms with Crippen molar-refractivity contribution in [3.05, 3.63) is 24.8 Å². The quantitative estimate of drug-likeness (QED) is 0.388. The summed E-state index contributed by atoms with van der Waals surface area (Å²) in [5, 5.41) is 0. The average Bonchev–Trinajstić information content (AvgIpc) is 1.97. The molecule has 0 saturated carbocycles. The van der Waals surface area contributed by atoms with Crippen molar-refractivity contribution in [2.45, 2.75) is 39.0 Å². The van der Waals surface area contributed by atoms with Crippen LogP contribution in [-0.2, 0) is 0 Å². The molecule has 0 aliphatic rings. The van der Waals surface area contributed by atoms with E-state index in [9.17, 15) is 0 Å². The second-order valence-corrected chi connectivity index (χ2v) is 2.51. The number of hydrogen-bond acceptors (Lipinski definition) is 0. The van der Waals surface area contributed by atoms with Crippen LogP contribution in [0, 0.1) is 0 Å². The number of hydrogen-bond donors (Lipinski definition) is 0. The molecule has 0 atom stereocenters. The standard InChI is InChI=1S/C10H18/c1-3-5-7-9-10-8-6-4-2/h3,5,7H,1,4,6,8-10H2,2H3/b7-5+. The van der Waals surface area contributed by atoms with Gasteiger partial charge >= 0.3 is 0 Å². The van der Waals surface area contributed by atoms with Gasteiger partial charge in [0.25, 0.3) is 0 Å². The van der Waals surface area contributed by atoms with Crippen LogP contribution in [-0.4, -0.2) is 0 Å². The Hall–Kier alpha value is -0.520. The number of rotatable bonds is 6. The predicted octanol–water partition coefficient (Wildman–Crippen LogP) is 3.70. The molecule has 0 rings (SSSR count). The molecule has 0 aromatic rings. The zero-order valence-electron chi connectivity index (χ0n) is 6.97. The zero-order chi connectivity index (χ0) is 7.66. The Morgan fingerprint density at radius 1 is 1.20 bits per heavy atom. The molecular weight excluding hydrogens is 120 g/mol. The molecule has 0 aliphatic carbocycles.